The minimum Gasteiger partial charge on any atom is -0.508 e. The zero-order chi connectivity index (χ0) is 11.5. The Labute approximate surface area is 91.3 Å². The topological polar surface area (TPSA) is 92.9 Å². The number of hydrogen-bond donors (Lipinski definition) is 3. The number of nitriles is 1. The van der Waals surface area contributed by atoms with Crippen molar-refractivity contribution in [2.75, 3.05) is 6.61 Å². The highest BCUT2D eigenvalue weighted by Crippen LogP contribution is 2.18. The third kappa shape index (κ3) is 1.62. The van der Waals surface area contributed by atoms with Gasteiger partial charge in [-0.25, -0.2) is 4.98 Å². The highest BCUT2D eigenvalue weighted by atomic mass is 16.3. The molecule has 5 heteroatoms. The predicted molar refractivity (Wildman–Crippen MR) is 58.3 cm³/mol. The molecule has 3 N–H and O–H groups in total. The molecule has 16 heavy (non-hydrogen) atoms. The first kappa shape index (κ1) is 10.2. The number of aliphatic hydroxyl groups excluding tert-OH is 2. The van der Waals surface area contributed by atoms with Gasteiger partial charge in [0.2, 0.25) is 0 Å². The summed E-state index contributed by atoms with van der Waals surface area (Å²) in [6, 6.07) is 9.08. The third-order valence-corrected chi connectivity index (χ3v) is 2.18. The number of benzene rings is 1. The average molecular weight is 215 g/mol. The first-order valence-corrected chi connectivity index (χ1v) is 4.64. The Hall–Kier alpha value is -2.32. The molecule has 1 heterocycles. The molecule has 5 nitrogen and oxygen atoms in total. The molecule has 2 aromatic rings. The van der Waals surface area contributed by atoms with Crippen molar-refractivity contribution in [1.29, 1.82) is 5.26 Å². The van der Waals surface area contributed by atoms with E-state index in [1.54, 1.807) is 12.1 Å². The zero-order valence-corrected chi connectivity index (χ0v) is 8.31. The van der Waals surface area contributed by atoms with E-state index in [2.05, 4.69) is 9.97 Å². The van der Waals surface area contributed by atoms with Crippen LogP contribution in [0.2, 0.25) is 0 Å². The van der Waals surface area contributed by atoms with Crippen LogP contribution in [0.5, 0.6) is 0 Å². The van der Waals surface area contributed by atoms with Gasteiger partial charge in [0, 0.05) is 0 Å². The molecular weight excluding hydrogens is 206 g/mol. The molecule has 0 unspecified atom stereocenters. The van der Waals surface area contributed by atoms with E-state index >= 15 is 0 Å². The van der Waals surface area contributed by atoms with Gasteiger partial charge in [0.15, 0.2) is 5.82 Å². The highest BCUT2D eigenvalue weighted by Gasteiger charge is 2.11. The average Bonchev–Trinajstić information content (AvgIpc) is 2.72. The smallest absolute Gasteiger partial charge is 0.152 e. The second-order valence-electron chi connectivity index (χ2n) is 3.19. The van der Waals surface area contributed by atoms with Crippen molar-refractivity contribution in [1.82, 2.24) is 9.97 Å². The second-order valence-corrected chi connectivity index (χ2v) is 3.19. The molecule has 0 amide bonds. The number of H-pyrrole nitrogens is 1. The number of rotatable bonds is 2. The number of aliphatic hydroxyl groups is 2. The molecule has 1 aromatic heterocycles. The van der Waals surface area contributed by atoms with E-state index in [-0.39, 0.29) is 17.2 Å². The lowest BCUT2D eigenvalue weighted by atomic mass is 10.2. The molecule has 0 saturated carbocycles. The van der Waals surface area contributed by atoms with E-state index < -0.39 is 6.61 Å². The van der Waals surface area contributed by atoms with Gasteiger partial charge in [-0.05, 0) is 12.1 Å². The molecule has 0 bridgehead atoms. The van der Waals surface area contributed by atoms with Crippen molar-refractivity contribution in [3.8, 4) is 6.07 Å². The Balaban J connectivity index is 2.60. The van der Waals surface area contributed by atoms with E-state index in [1.165, 1.54) is 0 Å². The normalized spacial score (nSPS) is 12.2. The molecule has 0 aliphatic rings. The van der Waals surface area contributed by atoms with Crippen LogP contribution in [-0.2, 0) is 0 Å². The summed E-state index contributed by atoms with van der Waals surface area (Å²) in [5.74, 6) is -0.128. The van der Waals surface area contributed by atoms with Crippen LogP contribution in [-0.4, -0.2) is 26.8 Å². The van der Waals surface area contributed by atoms with Gasteiger partial charge in [-0.1, -0.05) is 12.1 Å². The Morgan fingerprint density at radius 1 is 1.44 bits per heavy atom. The number of imidazole rings is 1. The maximum atomic E-state index is 9.34. The monoisotopic (exact) mass is 215 g/mol. The number of fused-ring (bicyclic) bond motifs is 1. The predicted octanol–water partition coefficient (Wildman–Crippen LogP) is 1.35. The van der Waals surface area contributed by atoms with E-state index in [9.17, 15) is 5.11 Å². The molecule has 0 radical (unpaired) electrons. The van der Waals surface area contributed by atoms with Crippen LogP contribution >= 0.6 is 0 Å². The van der Waals surface area contributed by atoms with E-state index in [1.807, 2.05) is 18.2 Å². The van der Waals surface area contributed by atoms with Crippen molar-refractivity contribution >= 4 is 16.6 Å². The van der Waals surface area contributed by atoms with Gasteiger partial charge in [0.25, 0.3) is 0 Å². The van der Waals surface area contributed by atoms with Crippen LogP contribution in [0, 0.1) is 11.3 Å². The Morgan fingerprint density at radius 2 is 2.19 bits per heavy atom. The molecule has 0 aliphatic heterocycles. The summed E-state index contributed by atoms with van der Waals surface area (Å²) < 4.78 is 0. The fourth-order valence-corrected chi connectivity index (χ4v) is 1.40. The Bertz CT molecular complexity index is 560. The number of aromatic nitrogens is 2. The highest BCUT2D eigenvalue weighted by molar-refractivity contribution is 5.82. The fourth-order valence-electron chi connectivity index (χ4n) is 1.40. The van der Waals surface area contributed by atoms with Crippen molar-refractivity contribution in [3.63, 3.8) is 0 Å². The van der Waals surface area contributed by atoms with Gasteiger partial charge in [0.05, 0.1) is 11.0 Å². The van der Waals surface area contributed by atoms with Crippen molar-refractivity contribution in [3.05, 3.63) is 35.8 Å². The van der Waals surface area contributed by atoms with E-state index in [0.29, 0.717) is 5.52 Å². The minimum absolute atomic E-state index is 0.0429. The van der Waals surface area contributed by atoms with Gasteiger partial charge in [-0.2, -0.15) is 5.26 Å². The standard InChI is InChI=1S/C11H9N3O2/c12-5-7(10(16)6-15)11-13-8-3-1-2-4-9(8)14-11/h1-4,15-16H,6H2,(H,13,14). The zero-order valence-electron chi connectivity index (χ0n) is 8.31. The fraction of sp³-hybridized carbons (Fsp3) is 0.0909. The lowest BCUT2D eigenvalue weighted by Crippen LogP contribution is -1.95. The quantitative estimate of drug-likeness (QED) is 0.520. The van der Waals surface area contributed by atoms with E-state index in [0.717, 1.165) is 5.52 Å². The van der Waals surface area contributed by atoms with Crippen LogP contribution in [0.4, 0.5) is 0 Å². The maximum Gasteiger partial charge on any atom is 0.152 e. The van der Waals surface area contributed by atoms with Crippen LogP contribution < -0.4 is 0 Å². The number of nitrogens with one attached hydrogen (secondary N) is 1. The molecule has 1 aromatic carbocycles. The minimum atomic E-state index is -0.583. The Morgan fingerprint density at radius 3 is 2.81 bits per heavy atom. The van der Waals surface area contributed by atoms with Crippen LogP contribution in [0.15, 0.2) is 30.0 Å². The summed E-state index contributed by atoms with van der Waals surface area (Å²) in [6.07, 6.45) is 0. The van der Waals surface area contributed by atoms with Crippen molar-refractivity contribution < 1.29 is 10.2 Å². The molecule has 80 valence electrons. The number of nitrogens with zero attached hydrogens (tertiary/aromatic N) is 2. The van der Waals surface area contributed by atoms with E-state index in [4.69, 9.17) is 10.4 Å². The largest absolute Gasteiger partial charge is 0.508 e. The SMILES string of the molecule is N#CC(=C(O)CO)c1nc2ccccc2[nH]1. The first-order valence-electron chi connectivity index (χ1n) is 4.64. The first-order chi connectivity index (χ1) is 7.76. The number of aromatic amines is 1. The molecule has 0 aliphatic carbocycles. The molecule has 0 saturated heterocycles. The lowest BCUT2D eigenvalue weighted by Gasteiger charge is -1.96. The van der Waals surface area contributed by atoms with Crippen molar-refractivity contribution in [2.45, 2.75) is 0 Å². The lowest BCUT2D eigenvalue weighted by molar-refractivity contribution is 0.255. The summed E-state index contributed by atoms with van der Waals surface area (Å²) in [4.78, 5) is 7.05. The maximum absolute atomic E-state index is 9.34. The summed E-state index contributed by atoms with van der Waals surface area (Å²) in [6.45, 7) is -0.583. The molecule has 0 spiro atoms. The van der Waals surface area contributed by atoms with Crippen LogP contribution in [0.1, 0.15) is 5.82 Å². The number of hydrogen-bond acceptors (Lipinski definition) is 4. The molecule has 0 fully saturated rings. The van der Waals surface area contributed by atoms with Gasteiger partial charge < -0.3 is 15.2 Å². The van der Waals surface area contributed by atoms with Crippen LogP contribution in [0.25, 0.3) is 16.6 Å². The number of allylic oxidation sites excluding steroid dienone is 1. The molecular formula is C11H9N3O2. The summed E-state index contributed by atoms with van der Waals surface area (Å²) >= 11 is 0. The van der Waals surface area contributed by atoms with Crippen LogP contribution in [0.3, 0.4) is 0 Å². The Kier molecular flexibility index (Phi) is 2.58. The summed E-state index contributed by atoms with van der Waals surface area (Å²) in [5.41, 5.74) is 1.44. The third-order valence-electron chi connectivity index (χ3n) is 2.18. The second kappa shape index (κ2) is 4.04. The molecule has 0 atom stereocenters. The van der Waals surface area contributed by atoms with Gasteiger partial charge >= 0.3 is 0 Å². The summed E-state index contributed by atoms with van der Waals surface area (Å²) in [7, 11) is 0. The van der Waals surface area contributed by atoms with Gasteiger partial charge in [0.1, 0.15) is 24.0 Å². The number of para-hydroxylation sites is 2. The summed E-state index contributed by atoms with van der Waals surface area (Å²) in [5, 5.41) is 27.0. The molecule has 2 rings (SSSR count). The van der Waals surface area contributed by atoms with Crippen molar-refractivity contribution in [2.24, 2.45) is 0 Å². The van der Waals surface area contributed by atoms with Gasteiger partial charge in [-0.15, -0.1) is 0 Å². The van der Waals surface area contributed by atoms with Gasteiger partial charge in [-0.3, -0.25) is 0 Å².